The van der Waals surface area contributed by atoms with E-state index in [0.29, 0.717) is 5.56 Å². The molecule has 2 heterocycles. The van der Waals surface area contributed by atoms with E-state index in [1.165, 1.54) is 26.2 Å². The maximum Gasteiger partial charge on any atom is 0.352 e. The molecule has 0 radical (unpaired) electrons. The van der Waals surface area contributed by atoms with Gasteiger partial charge in [-0.15, -0.1) is 5.10 Å². The summed E-state index contributed by atoms with van der Waals surface area (Å²) in [5, 5.41) is 6.29. The SMILES string of the molecule is COc1nn(-c2ccc(F)c(NC(C)=O)c2)c(=O)n(Cc2ccc(C(C)C)nc2)c1=O. The Morgan fingerprint density at radius 3 is 2.55 bits per heavy atom. The van der Waals surface area contributed by atoms with Gasteiger partial charge in [-0.1, -0.05) is 19.9 Å². The Morgan fingerprint density at radius 1 is 1.23 bits per heavy atom. The number of halogens is 1. The van der Waals surface area contributed by atoms with Crippen molar-refractivity contribution in [3.05, 3.63) is 74.4 Å². The second kappa shape index (κ2) is 8.90. The van der Waals surface area contributed by atoms with Crippen LogP contribution in [0.5, 0.6) is 5.88 Å². The zero-order valence-electron chi connectivity index (χ0n) is 17.5. The molecule has 9 nitrogen and oxygen atoms in total. The number of methoxy groups -OCH3 is 1. The number of nitrogens with one attached hydrogen (secondary N) is 1. The van der Waals surface area contributed by atoms with Gasteiger partial charge in [-0.3, -0.25) is 14.6 Å². The number of rotatable bonds is 6. The molecule has 2 aromatic heterocycles. The van der Waals surface area contributed by atoms with Gasteiger partial charge in [-0.25, -0.2) is 13.8 Å². The second-order valence-electron chi connectivity index (χ2n) is 7.19. The Hall–Kier alpha value is -3.82. The molecule has 3 aromatic rings. The highest BCUT2D eigenvalue weighted by Crippen LogP contribution is 2.18. The van der Waals surface area contributed by atoms with Crippen molar-refractivity contribution in [1.29, 1.82) is 0 Å². The average molecular weight is 427 g/mol. The minimum absolute atomic E-state index is 0.0539. The number of benzene rings is 1. The smallest absolute Gasteiger partial charge is 0.352 e. The van der Waals surface area contributed by atoms with E-state index in [0.717, 1.165) is 21.0 Å². The molecule has 0 aliphatic rings. The van der Waals surface area contributed by atoms with Crippen LogP contribution in [0.1, 0.15) is 37.9 Å². The van der Waals surface area contributed by atoms with Gasteiger partial charge in [0.15, 0.2) is 0 Å². The molecule has 0 aliphatic carbocycles. The van der Waals surface area contributed by atoms with Gasteiger partial charge in [0.25, 0.3) is 5.88 Å². The van der Waals surface area contributed by atoms with Gasteiger partial charge < -0.3 is 10.1 Å². The van der Waals surface area contributed by atoms with E-state index >= 15 is 0 Å². The fraction of sp³-hybridized carbons (Fsp3) is 0.286. The Morgan fingerprint density at radius 2 is 1.97 bits per heavy atom. The second-order valence-corrected chi connectivity index (χ2v) is 7.19. The highest BCUT2D eigenvalue weighted by molar-refractivity contribution is 5.89. The van der Waals surface area contributed by atoms with Crippen molar-refractivity contribution in [2.75, 3.05) is 12.4 Å². The van der Waals surface area contributed by atoms with Crippen molar-refractivity contribution in [2.24, 2.45) is 0 Å². The number of carbonyl (C=O) groups is 1. The first-order valence-electron chi connectivity index (χ1n) is 9.51. The van der Waals surface area contributed by atoms with E-state index in [9.17, 15) is 18.8 Å². The van der Waals surface area contributed by atoms with E-state index in [-0.39, 0.29) is 29.7 Å². The third kappa shape index (κ3) is 4.68. The summed E-state index contributed by atoms with van der Waals surface area (Å²) in [6.07, 6.45) is 1.60. The van der Waals surface area contributed by atoms with Crippen molar-refractivity contribution in [2.45, 2.75) is 33.2 Å². The first kappa shape index (κ1) is 21.9. The summed E-state index contributed by atoms with van der Waals surface area (Å²) in [6, 6.07) is 7.27. The van der Waals surface area contributed by atoms with Crippen LogP contribution in [-0.4, -0.2) is 32.3 Å². The highest BCUT2D eigenvalue weighted by atomic mass is 19.1. The summed E-state index contributed by atoms with van der Waals surface area (Å²) in [5.74, 6) is -1.22. The van der Waals surface area contributed by atoms with Crippen LogP contribution in [-0.2, 0) is 11.3 Å². The van der Waals surface area contributed by atoms with Crippen LogP contribution in [0.3, 0.4) is 0 Å². The maximum atomic E-state index is 14.0. The lowest BCUT2D eigenvalue weighted by molar-refractivity contribution is -0.114. The summed E-state index contributed by atoms with van der Waals surface area (Å²) >= 11 is 0. The van der Waals surface area contributed by atoms with E-state index < -0.39 is 23.0 Å². The molecule has 0 unspecified atom stereocenters. The van der Waals surface area contributed by atoms with Gasteiger partial charge in [-0.2, -0.15) is 4.68 Å². The fourth-order valence-electron chi connectivity index (χ4n) is 2.91. The molecule has 0 aliphatic heterocycles. The van der Waals surface area contributed by atoms with Gasteiger partial charge in [0.2, 0.25) is 5.91 Å². The Bertz CT molecular complexity index is 1230. The molecule has 0 bridgehead atoms. The van der Waals surface area contributed by atoms with Gasteiger partial charge in [0.05, 0.1) is 25.0 Å². The number of hydrogen-bond donors (Lipinski definition) is 1. The molecule has 1 N–H and O–H groups in total. The Labute approximate surface area is 177 Å². The van der Waals surface area contributed by atoms with E-state index in [1.54, 1.807) is 12.3 Å². The largest absolute Gasteiger partial charge is 0.476 e. The minimum Gasteiger partial charge on any atom is -0.476 e. The number of pyridine rings is 1. The molecule has 0 atom stereocenters. The van der Waals surface area contributed by atoms with Crippen LogP contribution in [0, 0.1) is 5.82 Å². The molecule has 0 saturated carbocycles. The van der Waals surface area contributed by atoms with Gasteiger partial charge in [-0.05, 0) is 35.7 Å². The number of amides is 1. The van der Waals surface area contributed by atoms with E-state index in [1.807, 2.05) is 19.9 Å². The van der Waals surface area contributed by atoms with E-state index in [4.69, 9.17) is 4.74 Å². The summed E-state index contributed by atoms with van der Waals surface area (Å²) in [5.41, 5.74) is 0.0958. The van der Waals surface area contributed by atoms with Crippen molar-refractivity contribution < 1.29 is 13.9 Å². The summed E-state index contributed by atoms with van der Waals surface area (Å²) < 4.78 is 20.9. The predicted molar refractivity (Wildman–Crippen MR) is 112 cm³/mol. The lowest BCUT2D eigenvalue weighted by Crippen LogP contribution is -2.41. The monoisotopic (exact) mass is 427 g/mol. The molecule has 0 saturated heterocycles. The molecule has 162 valence electrons. The zero-order chi connectivity index (χ0) is 22.7. The van der Waals surface area contributed by atoms with Crippen LogP contribution in [0.25, 0.3) is 5.69 Å². The van der Waals surface area contributed by atoms with Crippen LogP contribution < -0.4 is 21.3 Å². The van der Waals surface area contributed by atoms with Crippen molar-refractivity contribution in [3.8, 4) is 11.6 Å². The quantitative estimate of drug-likeness (QED) is 0.645. The van der Waals surface area contributed by atoms with Crippen LogP contribution in [0.2, 0.25) is 0 Å². The lowest BCUT2D eigenvalue weighted by atomic mass is 10.1. The number of hydrogen-bond acceptors (Lipinski definition) is 6. The number of anilines is 1. The van der Waals surface area contributed by atoms with Crippen molar-refractivity contribution >= 4 is 11.6 Å². The standard InChI is InChI=1S/C21H22FN5O4/c1-12(2)17-8-5-14(10-23-17)11-26-20(29)19(31-4)25-27(21(26)30)15-6-7-16(22)18(9-15)24-13(3)28/h5-10,12H,11H2,1-4H3,(H,24,28). The molecule has 10 heteroatoms. The van der Waals surface area contributed by atoms with Gasteiger partial charge in [0, 0.05) is 18.8 Å². The average Bonchev–Trinajstić information content (AvgIpc) is 2.73. The third-order valence-electron chi connectivity index (χ3n) is 4.51. The van der Waals surface area contributed by atoms with Crippen LogP contribution in [0.15, 0.2) is 46.1 Å². The highest BCUT2D eigenvalue weighted by Gasteiger charge is 2.17. The number of aromatic nitrogens is 4. The molecular weight excluding hydrogens is 405 g/mol. The fourth-order valence-corrected chi connectivity index (χ4v) is 2.91. The number of nitrogens with zero attached hydrogens (tertiary/aromatic N) is 4. The molecule has 3 rings (SSSR count). The molecule has 1 amide bonds. The normalized spacial score (nSPS) is 10.9. The Kier molecular flexibility index (Phi) is 6.28. The van der Waals surface area contributed by atoms with Crippen molar-refractivity contribution in [3.63, 3.8) is 0 Å². The molecule has 31 heavy (non-hydrogen) atoms. The molecule has 0 spiro atoms. The lowest BCUT2D eigenvalue weighted by Gasteiger charge is -2.13. The van der Waals surface area contributed by atoms with Crippen LogP contribution in [0.4, 0.5) is 10.1 Å². The van der Waals surface area contributed by atoms with Gasteiger partial charge >= 0.3 is 11.2 Å². The van der Waals surface area contributed by atoms with Crippen LogP contribution >= 0.6 is 0 Å². The Balaban J connectivity index is 2.11. The topological polar surface area (TPSA) is 108 Å². The van der Waals surface area contributed by atoms with Crippen molar-refractivity contribution in [1.82, 2.24) is 19.3 Å². The minimum atomic E-state index is -0.751. The summed E-state index contributed by atoms with van der Waals surface area (Å²) in [7, 11) is 1.26. The first-order chi connectivity index (χ1) is 14.7. The summed E-state index contributed by atoms with van der Waals surface area (Å²) in [4.78, 5) is 41.4. The van der Waals surface area contributed by atoms with Gasteiger partial charge in [0.1, 0.15) is 5.82 Å². The molecule has 1 aromatic carbocycles. The predicted octanol–water partition coefficient (Wildman–Crippen LogP) is 2.07. The van der Waals surface area contributed by atoms with E-state index in [2.05, 4.69) is 15.4 Å². The summed E-state index contributed by atoms with van der Waals surface area (Å²) in [6.45, 7) is 5.20. The number of ether oxygens (including phenoxy) is 1. The zero-order valence-corrected chi connectivity index (χ0v) is 17.5. The third-order valence-corrected chi connectivity index (χ3v) is 4.51. The first-order valence-corrected chi connectivity index (χ1v) is 9.51. The number of carbonyl (C=O) groups excluding carboxylic acids is 1. The molecule has 0 fully saturated rings. The molecular formula is C21H22FN5O4. The maximum absolute atomic E-state index is 14.0.